The molecule has 1 rings (SSSR count). The molecule has 0 aliphatic carbocycles. The summed E-state index contributed by atoms with van der Waals surface area (Å²) in [5.74, 6) is -1.27. The minimum atomic E-state index is -4.86. The fraction of sp³-hybridized carbons (Fsp3) is 0.462. The molecule has 0 spiro atoms. The van der Waals surface area contributed by atoms with E-state index in [4.69, 9.17) is 0 Å². The first-order valence-corrected chi connectivity index (χ1v) is 9.95. The average molecular weight is 369 g/mol. The van der Waals surface area contributed by atoms with Crippen LogP contribution in [0.5, 0.6) is 0 Å². The van der Waals surface area contributed by atoms with Crippen LogP contribution in [0.3, 0.4) is 0 Å². The average Bonchev–Trinajstić information content (AvgIpc) is 2.47. The van der Waals surface area contributed by atoms with Gasteiger partial charge in [-0.2, -0.15) is 17.2 Å². The summed E-state index contributed by atoms with van der Waals surface area (Å²) in [4.78, 5) is 0. The third kappa shape index (κ3) is 4.71. The Kier molecular flexibility index (Phi) is 6.23. The first kappa shape index (κ1) is 19.5. The fourth-order valence-electron chi connectivity index (χ4n) is 1.58. The van der Waals surface area contributed by atoms with Crippen molar-refractivity contribution in [1.82, 2.24) is 0 Å². The predicted octanol–water partition coefficient (Wildman–Crippen LogP) is 2.17. The molecule has 1 aromatic rings. The molecule has 0 amide bonds. The third-order valence-corrected chi connectivity index (χ3v) is 5.73. The molecule has 0 atom stereocenters. The highest BCUT2D eigenvalue weighted by Gasteiger charge is 2.50. The maximum atomic E-state index is 14.3. The van der Waals surface area contributed by atoms with Gasteiger partial charge in [0.15, 0.2) is 5.71 Å². The van der Waals surface area contributed by atoms with E-state index in [2.05, 4.69) is 9.44 Å². The van der Waals surface area contributed by atoms with Crippen molar-refractivity contribution in [3.63, 3.8) is 0 Å². The number of rotatable bonds is 8. The molecule has 0 N–H and O–H groups in total. The van der Waals surface area contributed by atoms with E-state index < -0.39 is 42.4 Å². The van der Waals surface area contributed by atoms with E-state index in [1.54, 1.807) is 6.92 Å². The zero-order valence-electron chi connectivity index (χ0n) is 12.6. The Morgan fingerprint density at radius 3 is 2.17 bits per heavy atom. The molecule has 1 aromatic carbocycles. The molecule has 0 saturated heterocycles. The van der Waals surface area contributed by atoms with Gasteiger partial charge in [0.2, 0.25) is 9.84 Å². The molecule has 23 heavy (non-hydrogen) atoms. The number of halogens is 2. The first-order chi connectivity index (χ1) is 10.6. The van der Waals surface area contributed by atoms with Crippen LogP contribution in [-0.4, -0.2) is 39.3 Å². The van der Waals surface area contributed by atoms with E-state index in [1.807, 2.05) is 0 Å². The maximum absolute atomic E-state index is 14.3. The van der Waals surface area contributed by atoms with Crippen molar-refractivity contribution in [1.29, 1.82) is 0 Å². The molecule has 0 fully saturated rings. The van der Waals surface area contributed by atoms with E-state index in [0.717, 1.165) is 6.92 Å². The minimum absolute atomic E-state index is 0.197. The molecule has 6 nitrogen and oxygen atoms in total. The summed E-state index contributed by atoms with van der Waals surface area (Å²) in [5.41, 5.74) is -1.51. The summed E-state index contributed by atoms with van der Waals surface area (Å²) in [6.45, 7) is 2.61. The maximum Gasteiger partial charge on any atom is 0.390 e. The summed E-state index contributed by atoms with van der Waals surface area (Å²) in [5, 5.41) is -1.41. The molecular weight excluding hydrogens is 352 g/mol. The highest BCUT2D eigenvalue weighted by atomic mass is 32.2. The van der Waals surface area contributed by atoms with E-state index in [9.17, 15) is 25.6 Å². The lowest BCUT2D eigenvalue weighted by Crippen LogP contribution is -2.40. The molecule has 0 aromatic heterocycles. The van der Waals surface area contributed by atoms with Crippen molar-refractivity contribution in [2.45, 2.75) is 25.5 Å². The number of benzene rings is 1. The molecule has 0 aliphatic rings. The SMILES string of the molecule is CCCS(=O)(=O)ON=C(c1ccccc1)C(F)(F)S(=O)(=O)CC. The lowest BCUT2D eigenvalue weighted by Gasteiger charge is -2.18. The number of hydrogen-bond donors (Lipinski definition) is 0. The lowest BCUT2D eigenvalue weighted by atomic mass is 10.1. The molecule has 130 valence electrons. The van der Waals surface area contributed by atoms with Gasteiger partial charge in [-0.05, 0) is 6.42 Å². The molecule has 10 heteroatoms. The van der Waals surface area contributed by atoms with Gasteiger partial charge in [-0.15, -0.1) is 0 Å². The van der Waals surface area contributed by atoms with Crippen LogP contribution >= 0.6 is 0 Å². The van der Waals surface area contributed by atoms with Gasteiger partial charge in [0.25, 0.3) is 0 Å². The second-order valence-electron chi connectivity index (χ2n) is 4.56. The summed E-state index contributed by atoms with van der Waals surface area (Å²) >= 11 is 0. The Balaban J connectivity index is 3.41. The van der Waals surface area contributed by atoms with Gasteiger partial charge in [0.05, 0.1) is 11.5 Å². The van der Waals surface area contributed by atoms with E-state index in [1.165, 1.54) is 30.3 Å². The largest absolute Gasteiger partial charge is 0.390 e. The van der Waals surface area contributed by atoms with Gasteiger partial charge in [0, 0.05) is 5.56 Å². The predicted molar refractivity (Wildman–Crippen MR) is 82.5 cm³/mol. The van der Waals surface area contributed by atoms with Crippen LogP contribution < -0.4 is 0 Å². The molecule has 0 aliphatic heterocycles. The summed E-state index contributed by atoms with van der Waals surface area (Å²) < 4.78 is 79.1. The molecule has 0 bridgehead atoms. The molecular formula is C13H17F2NO5S2. The van der Waals surface area contributed by atoms with Crippen LogP contribution in [0, 0.1) is 0 Å². The van der Waals surface area contributed by atoms with Gasteiger partial charge >= 0.3 is 15.4 Å². The van der Waals surface area contributed by atoms with Gasteiger partial charge in [0.1, 0.15) is 0 Å². The van der Waals surface area contributed by atoms with Gasteiger partial charge in [-0.25, -0.2) is 8.42 Å². The van der Waals surface area contributed by atoms with E-state index in [0.29, 0.717) is 0 Å². The monoisotopic (exact) mass is 369 g/mol. The molecule has 0 saturated carbocycles. The van der Waals surface area contributed by atoms with Crippen LogP contribution in [0.15, 0.2) is 35.5 Å². The summed E-state index contributed by atoms with van der Waals surface area (Å²) in [6, 6.07) is 6.68. The summed E-state index contributed by atoms with van der Waals surface area (Å²) in [6.07, 6.45) is 0.197. The van der Waals surface area contributed by atoms with Crippen molar-refractivity contribution < 1.29 is 29.9 Å². The Hall–Kier alpha value is -1.55. The van der Waals surface area contributed by atoms with Crippen molar-refractivity contribution in [2.24, 2.45) is 5.16 Å². The van der Waals surface area contributed by atoms with Gasteiger partial charge in [-0.1, -0.05) is 49.3 Å². The highest BCUT2D eigenvalue weighted by molar-refractivity contribution is 7.93. The van der Waals surface area contributed by atoms with Crippen LogP contribution in [0.1, 0.15) is 25.8 Å². The second-order valence-corrected chi connectivity index (χ2v) is 8.55. The van der Waals surface area contributed by atoms with Gasteiger partial charge < -0.3 is 0 Å². The standard InChI is InChI=1S/C13H17F2NO5S2/c1-3-10-23(19,20)21-16-12(11-8-6-5-7-9-11)13(14,15)22(17,18)4-2/h5-9H,3-4,10H2,1-2H3. The molecule has 0 heterocycles. The van der Waals surface area contributed by atoms with Gasteiger partial charge in [-0.3, -0.25) is 4.28 Å². The van der Waals surface area contributed by atoms with Crippen LogP contribution in [0.2, 0.25) is 0 Å². The van der Waals surface area contributed by atoms with Crippen molar-refractivity contribution in [2.75, 3.05) is 11.5 Å². The lowest BCUT2D eigenvalue weighted by molar-refractivity contribution is 0.164. The Morgan fingerprint density at radius 1 is 1.13 bits per heavy atom. The number of hydrogen-bond acceptors (Lipinski definition) is 6. The minimum Gasteiger partial charge on any atom is -0.268 e. The Labute approximate surface area is 134 Å². The number of alkyl halides is 2. The smallest absolute Gasteiger partial charge is 0.268 e. The van der Waals surface area contributed by atoms with Crippen molar-refractivity contribution in [3.8, 4) is 0 Å². The topological polar surface area (TPSA) is 89.9 Å². The summed E-state index contributed by atoms with van der Waals surface area (Å²) in [7, 11) is -9.03. The van der Waals surface area contributed by atoms with E-state index in [-0.39, 0.29) is 12.0 Å². The Morgan fingerprint density at radius 2 is 1.70 bits per heavy atom. The Bertz CT molecular complexity index is 759. The van der Waals surface area contributed by atoms with Crippen molar-refractivity contribution in [3.05, 3.63) is 35.9 Å². The van der Waals surface area contributed by atoms with E-state index >= 15 is 0 Å². The first-order valence-electron chi connectivity index (χ1n) is 6.72. The molecule has 0 unspecified atom stereocenters. The second kappa shape index (κ2) is 7.35. The van der Waals surface area contributed by atoms with Crippen LogP contribution in [-0.2, 0) is 24.2 Å². The number of nitrogens with zero attached hydrogens (tertiary/aromatic N) is 1. The van der Waals surface area contributed by atoms with Crippen LogP contribution in [0.25, 0.3) is 0 Å². The third-order valence-electron chi connectivity index (χ3n) is 2.79. The van der Waals surface area contributed by atoms with Crippen LogP contribution in [0.4, 0.5) is 8.78 Å². The number of oxime groups is 1. The normalized spacial score (nSPS) is 13.8. The molecule has 0 radical (unpaired) electrons. The highest BCUT2D eigenvalue weighted by Crippen LogP contribution is 2.28. The fourth-order valence-corrected chi connectivity index (χ4v) is 3.15. The quantitative estimate of drug-likeness (QED) is 0.517. The number of sulfone groups is 1. The zero-order chi connectivity index (χ0) is 17.7. The zero-order valence-corrected chi connectivity index (χ0v) is 14.2. The van der Waals surface area contributed by atoms with Crippen molar-refractivity contribution >= 4 is 25.7 Å².